The first-order valence-corrected chi connectivity index (χ1v) is 10.7. The summed E-state index contributed by atoms with van der Waals surface area (Å²) in [6.07, 6.45) is -2.02. The van der Waals surface area contributed by atoms with Gasteiger partial charge in [0.05, 0.1) is 24.0 Å². The van der Waals surface area contributed by atoms with Crippen LogP contribution in [0.3, 0.4) is 0 Å². The molecular formula is C24H25F3N4O2. The van der Waals surface area contributed by atoms with E-state index in [0.29, 0.717) is 38.3 Å². The van der Waals surface area contributed by atoms with Crippen LogP contribution < -0.4 is 10.9 Å². The number of aliphatic hydroxyl groups is 1. The Bertz CT molecular complexity index is 1120. The SMILES string of the molecule is O=c1cc(Nc2ccccc2)ncn1CC1(O)CCN(Cc2ccc(C(F)(F)F)cc2)CC1. The van der Waals surface area contributed by atoms with Gasteiger partial charge in [-0.3, -0.25) is 14.3 Å². The van der Waals surface area contributed by atoms with E-state index in [9.17, 15) is 23.1 Å². The van der Waals surface area contributed by atoms with E-state index in [1.54, 1.807) is 0 Å². The predicted octanol–water partition coefficient (Wildman–Crippen LogP) is 4.03. The molecule has 1 fully saturated rings. The van der Waals surface area contributed by atoms with Crippen LogP contribution in [0.5, 0.6) is 0 Å². The lowest BCUT2D eigenvalue weighted by Gasteiger charge is -2.38. The van der Waals surface area contributed by atoms with Crippen LogP contribution in [0.25, 0.3) is 0 Å². The van der Waals surface area contributed by atoms with Crippen molar-refractivity contribution in [1.29, 1.82) is 0 Å². The third-order valence-corrected chi connectivity index (χ3v) is 5.86. The average Bonchev–Trinajstić information content (AvgIpc) is 2.78. The number of para-hydroxylation sites is 1. The Morgan fingerprint density at radius 2 is 1.70 bits per heavy atom. The summed E-state index contributed by atoms with van der Waals surface area (Å²) in [5, 5.41) is 14.1. The largest absolute Gasteiger partial charge is 0.416 e. The van der Waals surface area contributed by atoms with Gasteiger partial charge in [-0.05, 0) is 42.7 Å². The van der Waals surface area contributed by atoms with Gasteiger partial charge in [-0.1, -0.05) is 30.3 Å². The van der Waals surface area contributed by atoms with Gasteiger partial charge in [0.15, 0.2) is 0 Å². The van der Waals surface area contributed by atoms with Crippen molar-refractivity contribution in [1.82, 2.24) is 14.5 Å². The first-order chi connectivity index (χ1) is 15.7. The molecule has 0 unspecified atom stereocenters. The third kappa shape index (κ3) is 6.00. The number of nitrogens with zero attached hydrogens (tertiary/aromatic N) is 3. The molecule has 33 heavy (non-hydrogen) atoms. The molecular weight excluding hydrogens is 433 g/mol. The van der Waals surface area contributed by atoms with E-state index < -0.39 is 17.3 Å². The van der Waals surface area contributed by atoms with Crippen molar-refractivity contribution in [3.8, 4) is 0 Å². The smallest absolute Gasteiger partial charge is 0.388 e. The highest BCUT2D eigenvalue weighted by molar-refractivity contribution is 5.54. The van der Waals surface area contributed by atoms with E-state index in [2.05, 4.69) is 15.2 Å². The van der Waals surface area contributed by atoms with Gasteiger partial charge in [0.2, 0.25) is 0 Å². The van der Waals surface area contributed by atoms with Crippen molar-refractivity contribution >= 4 is 11.5 Å². The summed E-state index contributed by atoms with van der Waals surface area (Å²) in [6, 6.07) is 15.9. The Kier molecular flexibility index (Phi) is 6.53. The fraction of sp³-hybridized carbons (Fsp3) is 0.333. The summed E-state index contributed by atoms with van der Waals surface area (Å²) < 4.78 is 39.6. The van der Waals surface area contributed by atoms with Gasteiger partial charge in [0.25, 0.3) is 5.56 Å². The lowest BCUT2D eigenvalue weighted by atomic mass is 9.91. The summed E-state index contributed by atoms with van der Waals surface area (Å²) in [6.45, 7) is 1.80. The maximum atomic E-state index is 12.7. The summed E-state index contributed by atoms with van der Waals surface area (Å²) in [5.41, 5.74) is -0.361. The molecule has 174 valence electrons. The molecule has 2 heterocycles. The van der Waals surface area contributed by atoms with Crippen molar-refractivity contribution in [3.05, 3.63) is 88.5 Å². The molecule has 4 rings (SSSR count). The summed E-state index contributed by atoms with van der Waals surface area (Å²) in [4.78, 5) is 18.9. The molecule has 1 saturated heterocycles. The zero-order valence-corrected chi connectivity index (χ0v) is 17.9. The van der Waals surface area contributed by atoms with Crippen molar-refractivity contribution in [3.63, 3.8) is 0 Å². The Balaban J connectivity index is 1.32. The lowest BCUT2D eigenvalue weighted by molar-refractivity contribution is -0.137. The summed E-state index contributed by atoms with van der Waals surface area (Å²) in [7, 11) is 0. The zero-order valence-electron chi connectivity index (χ0n) is 17.9. The van der Waals surface area contributed by atoms with Crippen molar-refractivity contribution < 1.29 is 18.3 Å². The number of aromatic nitrogens is 2. The van der Waals surface area contributed by atoms with Crippen molar-refractivity contribution in [2.45, 2.75) is 37.7 Å². The molecule has 0 spiro atoms. The van der Waals surface area contributed by atoms with Gasteiger partial charge in [0.1, 0.15) is 5.82 Å². The van der Waals surface area contributed by atoms with Gasteiger partial charge in [-0.15, -0.1) is 0 Å². The minimum absolute atomic E-state index is 0.137. The second kappa shape index (κ2) is 9.36. The molecule has 0 aliphatic carbocycles. The van der Waals surface area contributed by atoms with Gasteiger partial charge in [0, 0.05) is 31.4 Å². The number of likely N-dealkylation sites (tertiary alicyclic amines) is 1. The van der Waals surface area contributed by atoms with E-state index >= 15 is 0 Å². The molecule has 0 bridgehead atoms. The molecule has 6 nitrogen and oxygen atoms in total. The van der Waals surface area contributed by atoms with Gasteiger partial charge in [-0.25, -0.2) is 4.98 Å². The van der Waals surface area contributed by atoms with Gasteiger partial charge < -0.3 is 10.4 Å². The molecule has 1 aliphatic heterocycles. The molecule has 0 radical (unpaired) electrons. The van der Waals surface area contributed by atoms with E-state index in [-0.39, 0.29) is 12.1 Å². The Morgan fingerprint density at radius 1 is 1.03 bits per heavy atom. The van der Waals surface area contributed by atoms with Crippen LogP contribution in [0.1, 0.15) is 24.0 Å². The van der Waals surface area contributed by atoms with Crippen LogP contribution in [0, 0.1) is 0 Å². The second-order valence-electron chi connectivity index (χ2n) is 8.43. The fourth-order valence-electron chi connectivity index (χ4n) is 3.94. The van der Waals surface area contributed by atoms with E-state index in [1.807, 2.05) is 30.3 Å². The standard InChI is InChI=1S/C24H25F3N4O2/c25-24(26,27)19-8-6-18(7-9-19)15-30-12-10-23(33,11-13-30)16-31-17-28-21(14-22(31)32)29-20-4-2-1-3-5-20/h1-9,14,17,29,33H,10-13,15-16H2. The maximum absolute atomic E-state index is 12.7. The highest BCUT2D eigenvalue weighted by Gasteiger charge is 2.33. The second-order valence-corrected chi connectivity index (χ2v) is 8.43. The number of halogens is 3. The van der Waals surface area contributed by atoms with Crippen LogP contribution in [0.2, 0.25) is 0 Å². The number of hydrogen-bond acceptors (Lipinski definition) is 5. The van der Waals surface area contributed by atoms with Gasteiger partial charge in [-0.2, -0.15) is 13.2 Å². The topological polar surface area (TPSA) is 70.4 Å². The normalized spacial score (nSPS) is 16.5. The highest BCUT2D eigenvalue weighted by atomic mass is 19.4. The average molecular weight is 458 g/mol. The highest BCUT2D eigenvalue weighted by Crippen LogP contribution is 2.30. The fourth-order valence-corrected chi connectivity index (χ4v) is 3.94. The van der Waals surface area contributed by atoms with E-state index in [1.165, 1.54) is 29.1 Å². The predicted molar refractivity (Wildman–Crippen MR) is 119 cm³/mol. The van der Waals surface area contributed by atoms with Crippen LogP contribution in [-0.4, -0.2) is 38.2 Å². The maximum Gasteiger partial charge on any atom is 0.416 e. The molecule has 9 heteroatoms. The summed E-state index contributed by atoms with van der Waals surface area (Å²) >= 11 is 0. The number of alkyl halides is 3. The van der Waals surface area contributed by atoms with Crippen LogP contribution in [-0.2, 0) is 19.3 Å². The molecule has 1 aliphatic rings. The number of piperidine rings is 1. The first kappa shape index (κ1) is 23.0. The van der Waals surface area contributed by atoms with Crippen molar-refractivity contribution in [2.75, 3.05) is 18.4 Å². The minimum Gasteiger partial charge on any atom is -0.388 e. The molecule has 0 saturated carbocycles. The van der Waals surface area contributed by atoms with Crippen LogP contribution in [0.4, 0.5) is 24.7 Å². The number of nitrogens with one attached hydrogen (secondary N) is 1. The zero-order chi connectivity index (χ0) is 23.5. The lowest BCUT2D eigenvalue weighted by Crippen LogP contribution is -2.47. The van der Waals surface area contributed by atoms with Gasteiger partial charge >= 0.3 is 6.18 Å². The molecule has 2 aromatic carbocycles. The molecule has 3 aromatic rings. The Morgan fingerprint density at radius 3 is 2.30 bits per heavy atom. The molecule has 0 amide bonds. The monoisotopic (exact) mass is 458 g/mol. The number of benzene rings is 2. The number of hydrogen-bond donors (Lipinski definition) is 2. The van der Waals surface area contributed by atoms with E-state index in [4.69, 9.17) is 0 Å². The van der Waals surface area contributed by atoms with Crippen molar-refractivity contribution in [2.24, 2.45) is 0 Å². The number of rotatable bonds is 6. The minimum atomic E-state index is -4.34. The first-order valence-electron chi connectivity index (χ1n) is 10.7. The Hall–Kier alpha value is -3.17. The third-order valence-electron chi connectivity index (χ3n) is 5.86. The van der Waals surface area contributed by atoms with Crippen LogP contribution >= 0.6 is 0 Å². The van der Waals surface area contributed by atoms with Crippen LogP contribution in [0.15, 0.2) is 71.8 Å². The Labute approximate surface area is 189 Å². The molecule has 1 aromatic heterocycles. The summed E-state index contributed by atoms with van der Waals surface area (Å²) in [5.74, 6) is 0.431. The molecule has 2 N–H and O–H groups in total. The number of anilines is 2. The van der Waals surface area contributed by atoms with E-state index in [0.717, 1.165) is 23.4 Å². The molecule has 0 atom stereocenters. The quantitative estimate of drug-likeness (QED) is 0.584.